The summed E-state index contributed by atoms with van der Waals surface area (Å²) in [6, 6.07) is 13.1. The smallest absolute Gasteiger partial charge is 0.338 e. The summed E-state index contributed by atoms with van der Waals surface area (Å²) in [6.07, 6.45) is 0. The lowest BCUT2D eigenvalue weighted by molar-refractivity contribution is 0.0517. The lowest BCUT2D eigenvalue weighted by Gasteiger charge is -2.02. The van der Waals surface area contributed by atoms with Crippen LogP contribution in [0.15, 0.2) is 48.5 Å². The molecular formula is C18H26N2O5. The molecule has 0 aliphatic carbocycles. The molecule has 0 fully saturated rings. The maximum Gasteiger partial charge on any atom is 0.338 e. The van der Waals surface area contributed by atoms with Crippen molar-refractivity contribution in [2.45, 2.75) is 13.8 Å². The number of carbonyl (C=O) groups is 2. The van der Waals surface area contributed by atoms with Gasteiger partial charge in [-0.2, -0.15) is 0 Å². The largest absolute Gasteiger partial charge is 0.462 e. The van der Waals surface area contributed by atoms with E-state index in [9.17, 15) is 9.59 Å². The minimum absolute atomic E-state index is 0. The Bertz CT molecular complexity index is 696. The van der Waals surface area contributed by atoms with Crippen LogP contribution in [0.4, 0.5) is 11.4 Å². The van der Waals surface area contributed by atoms with Crippen LogP contribution in [0.3, 0.4) is 0 Å². The number of hydrogen-bond acceptors (Lipinski definition) is 7. The van der Waals surface area contributed by atoms with E-state index < -0.39 is 0 Å². The minimum atomic E-state index is -0.355. The number of nitrogens with two attached hydrogens (primary N) is 1. The molecule has 0 aromatic heterocycles. The molecule has 7 heteroatoms. The zero-order valence-electron chi connectivity index (χ0n) is 14.2. The van der Waals surface area contributed by atoms with Crippen molar-refractivity contribution in [2.24, 2.45) is 0 Å². The fourth-order valence-corrected chi connectivity index (χ4v) is 1.78. The summed E-state index contributed by atoms with van der Waals surface area (Å²) in [4.78, 5) is 22.3. The van der Waals surface area contributed by atoms with E-state index >= 15 is 0 Å². The highest BCUT2D eigenvalue weighted by Gasteiger charge is 2.05. The van der Waals surface area contributed by atoms with Gasteiger partial charge in [0.2, 0.25) is 0 Å². The molecule has 0 radical (unpaired) electrons. The van der Waals surface area contributed by atoms with Crippen molar-refractivity contribution in [3.05, 3.63) is 59.7 Å². The Balaban J connectivity index is 0. The monoisotopic (exact) mass is 350 g/mol. The summed E-state index contributed by atoms with van der Waals surface area (Å²) >= 11 is 0. The predicted molar refractivity (Wildman–Crippen MR) is 98.8 cm³/mol. The fraction of sp³-hybridized carbons (Fsp3) is 0.222. The Morgan fingerprint density at radius 1 is 1.00 bits per heavy atom. The van der Waals surface area contributed by atoms with Crippen LogP contribution in [0.25, 0.3) is 0 Å². The van der Waals surface area contributed by atoms with Crippen molar-refractivity contribution < 1.29 is 27.1 Å². The standard InChI is InChI=1S/C9H11NO3.C9H11NO2.2H2/c1-2-13-9(11)7-3-5-8(10-12)6-4-7;1-2-12-9(11)7-4-3-5-8(10)6-7;;/h3-6,10,12H,2H2,1H3;3-6H,2,10H2,1H3;2*1H. The lowest BCUT2D eigenvalue weighted by atomic mass is 10.2. The van der Waals surface area contributed by atoms with Crippen molar-refractivity contribution >= 4 is 23.3 Å². The quantitative estimate of drug-likeness (QED) is 0.429. The second-order valence-corrected chi connectivity index (χ2v) is 4.76. The van der Waals surface area contributed by atoms with Gasteiger partial charge < -0.3 is 15.2 Å². The zero-order chi connectivity index (χ0) is 18.7. The van der Waals surface area contributed by atoms with E-state index in [1.165, 1.54) is 0 Å². The van der Waals surface area contributed by atoms with Crippen LogP contribution in [0, 0.1) is 0 Å². The van der Waals surface area contributed by atoms with E-state index in [0.29, 0.717) is 35.7 Å². The summed E-state index contributed by atoms with van der Waals surface area (Å²) in [6.45, 7) is 4.26. The van der Waals surface area contributed by atoms with E-state index in [4.69, 9.17) is 20.4 Å². The number of nitrogens with one attached hydrogen (secondary N) is 1. The Kier molecular flexibility index (Phi) is 8.53. The van der Waals surface area contributed by atoms with Crippen LogP contribution in [-0.4, -0.2) is 30.4 Å². The molecule has 0 spiro atoms. The summed E-state index contributed by atoms with van der Waals surface area (Å²) in [7, 11) is 0. The normalized spacial score (nSPS) is 9.40. The first-order valence-corrected chi connectivity index (χ1v) is 7.71. The maximum atomic E-state index is 11.1. The van der Waals surface area contributed by atoms with Crippen LogP contribution in [0.5, 0.6) is 0 Å². The van der Waals surface area contributed by atoms with Gasteiger partial charge in [-0.05, 0) is 56.3 Å². The molecule has 2 aromatic carbocycles. The number of nitrogen functional groups attached to an aromatic ring is 1. The molecule has 0 heterocycles. The molecule has 0 aliphatic rings. The molecule has 25 heavy (non-hydrogen) atoms. The second-order valence-electron chi connectivity index (χ2n) is 4.76. The number of esters is 2. The number of anilines is 2. The van der Waals surface area contributed by atoms with Crippen LogP contribution in [-0.2, 0) is 9.47 Å². The molecule has 138 valence electrons. The summed E-state index contributed by atoms with van der Waals surface area (Å²) in [5.41, 5.74) is 9.53. The maximum absolute atomic E-state index is 11.1. The number of benzene rings is 2. The van der Waals surface area contributed by atoms with Crippen molar-refractivity contribution in [3.8, 4) is 0 Å². The molecule has 0 unspecified atom stereocenters. The Hall–Kier alpha value is -3.06. The highest BCUT2D eigenvalue weighted by molar-refractivity contribution is 5.90. The lowest BCUT2D eigenvalue weighted by Crippen LogP contribution is -2.04. The Morgan fingerprint density at radius 3 is 2.04 bits per heavy atom. The minimum Gasteiger partial charge on any atom is -0.462 e. The fourth-order valence-electron chi connectivity index (χ4n) is 1.78. The predicted octanol–water partition coefficient (Wildman–Crippen LogP) is 3.60. The van der Waals surface area contributed by atoms with Gasteiger partial charge in [-0.3, -0.25) is 10.7 Å². The molecule has 0 atom stereocenters. The second kappa shape index (κ2) is 10.7. The van der Waals surface area contributed by atoms with Gasteiger partial charge in [0.1, 0.15) is 0 Å². The molecule has 2 rings (SSSR count). The summed E-state index contributed by atoms with van der Waals surface area (Å²) < 4.78 is 9.57. The third-order valence-corrected chi connectivity index (χ3v) is 2.92. The van der Waals surface area contributed by atoms with Gasteiger partial charge in [-0.15, -0.1) is 0 Å². The summed E-state index contributed by atoms with van der Waals surface area (Å²) in [5, 5.41) is 8.50. The summed E-state index contributed by atoms with van der Waals surface area (Å²) in [5.74, 6) is -0.684. The SMILES string of the molecule is CCOC(=O)c1ccc(NO)cc1.CCOC(=O)c1cccc(N)c1.[HH].[HH]. The topological polar surface area (TPSA) is 111 Å². The number of hydrogen-bond donors (Lipinski definition) is 3. The third kappa shape index (κ3) is 6.92. The highest BCUT2D eigenvalue weighted by atomic mass is 16.5. The Morgan fingerprint density at radius 2 is 1.56 bits per heavy atom. The molecule has 0 saturated carbocycles. The van der Waals surface area contributed by atoms with E-state index in [0.717, 1.165) is 0 Å². The van der Waals surface area contributed by atoms with E-state index in [1.807, 2.05) is 5.48 Å². The number of ether oxygens (including phenoxy) is 2. The molecule has 0 bridgehead atoms. The van der Waals surface area contributed by atoms with Crippen molar-refractivity contribution in [1.82, 2.24) is 0 Å². The van der Waals surface area contributed by atoms with Crippen molar-refractivity contribution in [2.75, 3.05) is 24.4 Å². The van der Waals surface area contributed by atoms with Crippen molar-refractivity contribution in [3.63, 3.8) is 0 Å². The van der Waals surface area contributed by atoms with Gasteiger partial charge in [-0.1, -0.05) is 6.07 Å². The molecule has 0 aliphatic heterocycles. The number of rotatable bonds is 5. The molecule has 7 nitrogen and oxygen atoms in total. The van der Waals surface area contributed by atoms with E-state index in [2.05, 4.69) is 0 Å². The molecule has 2 aromatic rings. The van der Waals surface area contributed by atoms with Gasteiger partial charge >= 0.3 is 11.9 Å². The van der Waals surface area contributed by atoms with Gasteiger partial charge in [0.05, 0.1) is 30.0 Å². The van der Waals surface area contributed by atoms with E-state index in [-0.39, 0.29) is 14.8 Å². The highest BCUT2D eigenvalue weighted by Crippen LogP contribution is 2.09. The average molecular weight is 350 g/mol. The molecule has 4 N–H and O–H groups in total. The van der Waals surface area contributed by atoms with Crippen LogP contribution in [0.2, 0.25) is 0 Å². The van der Waals surface area contributed by atoms with Crippen molar-refractivity contribution in [1.29, 1.82) is 0 Å². The number of carbonyl (C=O) groups excluding carboxylic acids is 2. The first-order chi connectivity index (χ1) is 12.0. The molecular weight excluding hydrogens is 324 g/mol. The Labute approximate surface area is 149 Å². The third-order valence-electron chi connectivity index (χ3n) is 2.92. The molecule has 0 amide bonds. The van der Waals surface area contributed by atoms with Gasteiger partial charge in [-0.25, -0.2) is 9.59 Å². The molecule has 0 saturated heterocycles. The van der Waals surface area contributed by atoms with Crippen LogP contribution in [0.1, 0.15) is 37.4 Å². The van der Waals surface area contributed by atoms with Gasteiger partial charge in [0.15, 0.2) is 0 Å². The zero-order valence-corrected chi connectivity index (χ0v) is 14.2. The van der Waals surface area contributed by atoms with Gasteiger partial charge in [0, 0.05) is 8.54 Å². The van der Waals surface area contributed by atoms with Crippen LogP contribution < -0.4 is 11.2 Å². The average Bonchev–Trinajstić information content (AvgIpc) is 2.63. The van der Waals surface area contributed by atoms with Gasteiger partial charge in [0.25, 0.3) is 0 Å². The van der Waals surface area contributed by atoms with E-state index in [1.54, 1.807) is 62.4 Å². The first kappa shape index (κ1) is 20.0. The first-order valence-electron chi connectivity index (χ1n) is 7.71. The van der Waals surface area contributed by atoms with Crippen LogP contribution >= 0.6 is 0 Å².